The zero-order valence-electron chi connectivity index (χ0n) is 15.3. The summed E-state index contributed by atoms with van der Waals surface area (Å²) in [6.07, 6.45) is 0.525. The zero-order valence-corrected chi connectivity index (χ0v) is 16.1. The average Bonchev–Trinajstić information content (AvgIpc) is 3.12. The van der Waals surface area contributed by atoms with Crippen LogP contribution < -0.4 is 0 Å². The number of nitrogens with zero attached hydrogens (tertiary/aromatic N) is 3. The molecule has 0 N–H and O–H groups in total. The Morgan fingerprint density at radius 3 is 2.26 bits per heavy atom. The fraction of sp³-hybridized carbons (Fsp3) is 0.250. The average molecular weight is 383 g/mol. The monoisotopic (exact) mass is 383 g/mol. The summed E-state index contributed by atoms with van der Waals surface area (Å²) in [4.78, 5) is 0. The summed E-state index contributed by atoms with van der Waals surface area (Å²) in [5.74, 6) is 0.766. The van der Waals surface area contributed by atoms with Crippen molar-refractivity contribution in [2.24, 2.45) is 0 Å². The van der Waals surface area contributed by atoms with E-state index in [4.69, 9.17) is 4.52 Å². The quantitative estimate of drug-likeness (QED) is 0.694. The van der Waals surface area contributed by atoms with E-state index in [9.17, 15) is 8.42 Å². The summed E-state index contributed by atoms with van der Waals surface area (Å²) >= 11 is 0. The molecule has 0 radical (unpaired) electrons. The predicted octanol–water partition coefficient (Wildman–Crippen LogP) is 3.17. The Bertz CT molecular complexity index is 1040. The van der Waals surface area contributed by atoms with Crippen LogP contribution in [-0.2, 0) is 23.2 Å². The van der Waals surface area contributed by atoms with Crippen LogP contribution in [0, 0.1) is 0 Å². The van der Waals surface area contributed by atoms with Crippen molar-refractivity contribution >= 4 is 10.2 Å². The molecule has 140 valence electrons. The summed E-state index contributed by atoms with van der Waals surface area (Å²) in [6, 6.07) is 18.2. The van der Waals surface area contributed by atoms with Gasteiger partial charge < -0.3 is 4.52 Å². The van der Waals surface area contributed by atoms with Gasteiger partial charge in [-0.25, -0.2) is 0 Å². The van der Waals surface area contributed by atoms with E-state index in [1.54, 1.807) is 14.1 Å². The Balaban J connectivity index is 1.65. The van der Waals surface area contributed by atoms with Gasteiger partial charge in [-0.05, 0) is 11.1 Å². The number of benzene rings is 2. The summed E-state index contributed by atoms with van der Waals surface area (Å²) in [5.41, 5.74) is 4.74. The van der Waals surface area contributed by atoms with E-state index >= 15 is 0 Å². The lowest BCUT2D eigenvalue weighted by atomic mass is 9.99. The minimum absolute atomic E-state index is 0.273. The van der Waals surface area contributed by atoms with Gasteiger partial charge in [0.05, 0.1) is 0 Å². The molecule has 0 fully saturated rings. The van der Waals surface area contributed by atoms with Crippen molar-refractivity contribution in [3.8, 4) is 22.4 Å². The molecule has 0 unspecified atom stereocenters. The molecule has 7 heteroatoms. The van der Waals surface area contributed by atoms with Crippen LogP contribution in [0.2, 0.25) is 0 Å². The highest BCUT2D eigenvalue weighted by Crippen LogP contribution is 2.32. The van der Waals surface area contributed by atoms with Crippen LogP contribution in [0.4, 0.5) is 0 Å². The maximum Gasteiger partial charge on any atom is 0.281 e. The third kappa shape index (κ3) is 3.29. The molecule has 1 aromatic heterocycles. The number of rotatable bonds is 4. The summed E-state index contributed by atoms with van der Waals surface area (Å²) in [6.45, 7) is 0.671. The van der Waals surface area contributed by atoms with Gasteiger partial charge in [-0.2, -0.15) is 17.0 Å². The van der Waals surface area contributed by atoms with E-state index in [1.165, 1.54) is 8.61 Å². The molecule has 1 aliphatic rings. The van der Waals surface area contributed by atoms with Crippen molar-refractivity contribution in [2.75, 3.05) is 20.6 Å². The lowest BCUT2D eigenvalue weighted by molar-refractivity contribution is 0.318. The number of aromatic nitrogens is 1. The van der Waals surface area contributed by atoms with E-state index in [1.807, 2.05) is 42.5 Å². The van der Waals surface area contributed by atoms with Gasteiger partial charge in [0.1, 0.15) is 11.5 Å². The van der Waals surface area contributed by atoms with E-state index in [2.05, 4.69) is 17.3 Å². The third-order valence-corrected chi connectivity index (χ3v) is 6.73. The predicted molar refractivity (Wildman–Crippen MR) is 104 cm³/mol. The first-order valence-electron chi connectivity index (χ1n) is 8.77. The van der Waals surface area contributed by atoms with Crippen molar-refractivity contribution in [1.82, 2.24) is 13.8 Å². The van der Waals surface area contributed by atoms with E-state index in [-0.39, 0.29) is 6.54 Å². The molecule has 2 aromatic carbocycles. The first-order valence-corrected chi connectivity index (χ1v) is 10.2. The minimum Gasteiger partial charge on any atom is -0.360 e. The number of fused-ring (bicyclic) bond motifs is 1. The lowest BCUT2D eigenvalue weighted by Crippen LogP contribution is -2.42. The minimum atomic E-state index is -3.47. The fourth-order valence-electron chi connectivity index (χ4n) is 3.29. The fourth-order valence-corrected chi connectivity index (χ4v) is 4.37. The van der Waals surface area contributed by atoms with Crippen LogP contribution in [0.5, 0.6) is 0 Å². The molecule has 0 amide bonds. The van der Waals surface area contributed by atoms with Gasteiger partial charge >= 0.3 is 0 Å². The Labute approximate surface area is 159 Å². The molecular weight excluding hydrogens is 362 g/mol. The normalized spacial score (nSPS) is 15.1. The second-order valence-corrected chi connectivity index (χ2v) is 8.89. The number of hydrogen-bond acceptors (Lipinski definition) is 4. The zero-order chi connectivity index (χ0) is 19.0. The topological polar surface area (TPSA) is 66.7 Å². The van der Waals surface area contributed by atoms with Gasteiger partial charge in [0.25, 0.3) is 10.2 Å². The molecule has 0 saturated carbocycles. The summed E-state index contributed by atoms with van der Waals surface area (Å²) in [7, 11) is -0.378. The SMILES string of the molecule is CN(C)S(=O)(=O)N1CCc2onc(-c3ccc(-c4ccccc4)cc3)c2C1. The highest BCUT2D eigenvalue weighted by Gasteiger charge is 2.32. The molecule has 27 heavy (non-hydrogen) atoms. The first-order chi connectivity index (χ1) is 13.0. The highest BCUT2D eigenvalue weighted by molar-refractivity contribution is 7.86. The second-order valence-electron chi connectivity index (χ2n) is 6.75. The van der Waals surface area contributed by atoms with E-state index in [0.29, 0.717) is 18.7 Å². The van der Waals surface area contributed by atoms with Gasteiger partial charge in [-0.3, -0.25) is 0 Å². The molecule has 6 nitrogen and oxygen atoms in total. The van der Waals surface area contributed by atoms with Gasteiger partial charge in [-0.1, -0.05) is 59.8 Å². The van der Waals surface area contributed by atoms with Crippen molar-refractivity contribution in [3.63, 3.8) is 0 Å². The standard InChI is InChI=1S/C20H21N3O3S/c1-22(2)27(24,25)23-13-12-19-18(14-23)20(21-26-19)17-10-8-16(9-11-17)15-6-4-3-5-7-15/h3-11H,12-14H2,1-2H3. The molecular formula is C20H21N3O3S. The smallest absolute Gasteiger partial charge is 0.281 e. The summed E-state index contributed by atoms with van der Waals surface area (Å²) in [5, 5.41) is 4.22. The van der Waals surface area contributed by atoms with Gasteiger partial charge in [0, 0.05) is 44.7 Å². The summed E-state index contributed by atoms with van der Waals surface area (Å²) < 4.78 is 33.1. The molecule has 0 spiro atoms. The van der Waals surface area contributed by atoms with Crippen molar-refractivity contribution < 1.29 is 12.9 Å². The second kappa shape index (κ2) is 6.92. The lowest BCUT2D eigenvalue weighted by Gasteiger charge is -2.28. The molecule has 2 heterocycles. The van der Waals surface area contributed by atoms with Crippen molar-refractivity contribution in [2.45, 2.75) is 13.0 Å². The van der Waals surface area contributed by atoms with Gasteiger partial charge in [0.15, 0.2) is 0 Å². The molecule has 0 saturated heterocycles. The van der Waals surface area contributed by atoms with Crippen LogP contribution in [0.1, 0.15) is 11.3 Å². The van der Waals surface area contributed by atoms with E-state index < -0.39 is 10.2 Å². The molecule has 0 atom stereocenters. The Morgan fingerprint density at radius 1 is 0.963 bits per heavy atom. The molecule has 0 bridgehead atoms. The number of hydrogen-bond donors (Lipinski definition) is 0. The molecule has 4 rings (SSSR count). The van der Waals surface area contributed by atoms with E-state index in [0.717, 1.165) is 28.0 Å². The van der Waals surface area contributed by atoms with Crippen LogP contribution in [-0.4, -0.2) is 42.8 Å². The Hall–Kier alpha value is -2.48. The van der Waals surface area contributed by atoms with Crippen LogP contribution >= 0.6 is 0 Å². The van der Waals surface area contributed by atoms with Crippen LogP contribution in [0.25, 0.3) is 22.4 Å². The largest absolute Gasteiger partial charge is 0.360 e. The molecule has 0 aliphatic carbocycles. The maximum absolute atomic E-state index is 12.5. The first kappa shape index (κ1) is 17.9. The van der Waals surface area contributed by atoms with Gasteiger partial charge in [0.2, 0.25) is 0 Å². The third-order valence-electron chi connectivity index (χ3n) is 4.85. The Morgan fingerprint density at radius 2 is 1.59 bits per heavy atom. The molecule has 3 aromatic rings. The van der Waals surface area contributed by atoms with Crippen molar-refractivity contribution in [1.29, 1.82) is 0 Å². The molecule has 1 aliphatic heterocycles. The van der Waals surface area contributed by atoms with Gasteiger partial charge in [-0.15, -0.1) is 0 Å². The Kier molecular flexibility index (Phi) is 4.59. The van der Waals surface area contributed by atoms with Crippen molar-refractivity contribution in [3.05, 3.63) is 65.9 Å². The highest BCUT2D eigenvalue weighted by atomic mass is 32.2. The van der Waals surface area contributed by atoms with Crippen LogP contribution in [0.15, 0.2) is 59.1 Å². The van der Waals surface area contributed by atoms with Crippen LogP contribution in [0.3, 0.4) is 0 Å². The maximum atomic E-state index is 12.5.